The first kappa shape index (κ1) is 12.6. The van der Waals surface area contributed by atoms with E-state index in [1.165, 1.54) is 0 Å². The first-order chi connectivity index (χ1) is 7.36. The van der Waals surface area contributed by atoms with Gasteiger partial charge in [0.2, 0.25) is 0 Å². The largest absolute Gasteiger partial charge is 0.465 e. The maximum absolute atomic E-state index is 5.58. The maximum atomic E-state index is 5.58. The van der Waals surface area contributed by atoms with Gasteiger partial charge in [-0.25, -0.2) is 0 Å². The molecule has 0 unspecified atom stereocenters. The molecule has 0 aromatic carbocycles. The van der Waals surface area contributed by atoms with E-state index >= 15 is 0 Å². The van der Waals surface area contributed by atoms with Crippen molar-refractivity contribution in [3.8, 4) is 0 Å². The molecule has 0 saturated heterocycles. The molecular formula is C11H19NO2S. The van der Waals surface area contributed by atoms with Crippen LogP contribution < -0.4 is 5.73 Å². The summed E-state index contributed by atoms with van der Waals surface area (Å²) < 4.78 is 10.8. The van der Waals surface area contributed by atoms with Crippen LogP contribution in [0.1, 0.15) is 18.4 Å². The SMILES string of the molecule is CCc1ccc(CSCCOCCN)o1. The van der Waals surface area contributed by atoms with Crippen LogP contribution >= 0.6 is 11.8 Å². The normalized spacial score (nSPS) is 10.8. The second-order valence-corrected chi connectivity index (χ2v) is 4.28. The van der Waals surface area contributed by atoms with Crippen LogP contribution in [0.2, 0.25) is 0 Å². The summed E-state index contributed by atoms with van der Waals surface area (Å²) >= 11 is 1.82. The van der Waals surface area contributed by atoms with E-state index in [-0.39, 0.29) is 0 Å². The Morgan fingerprint density at radius 2 is 2.13 bits per heavy atom. The van der Waals surface area contributed by atoms with Gasteiger partial charge >= 0.3 is 0 Å². The monoisotopic (exact) mass is 229 g/mol. The van der Waals surface area contributed by atoms with E-state index in [0.717, 1.165) is 36.1 Å². The number of thioether (sulfide) groups is 1. The Kier molecular flexibility index (Phi) is 6.55. The van der Waals surface area contributed by atoms with E-state index in [4.69, 9.17) is 14.9 Å². The van der Waals surface area contributed by atoms with Crippen LogP contribution in [0.25, 0.3) is 0 Å². The lowest BCUT2D eigenvalue weighted by atomic mass is 10.4. The van der Waals surface area contributed by atoms with Crippen LogP contribution in [0, 0.1) is 0 Å². The fraction of sp³-hybridized carbons (Fsp3) is 0.636. The first-order valence-electron chi connectivity index (χ1n) is 5.30. The zero-order valence-corrected chi connectivity index (χ0v) is 10.0. The Labute approximate surface area is 95.4 Å². The highest BCUT2D eigenvalue weighted by molar-refractivity contribution is 7.98. The van der Waals surface area contributed by atoms with Gasteiger partial charge < -0.3 is 14.9 Å². The third-order valence-electron chi connectivity index (χ3n) is 1.94. The summed E-state index contributed by atoms with van der Waals surface area (Å²) in [5.41, 5.74) is 5.31. The summed E-state index contributed by atoms with van der Waals surface area (Å²) in [5, 5.41) is 0. The molecule has 0 aliphatic rings. The van der Waals surface area contributed by atoms with Gasteiger partial charge in [-0.05, 0) is 12.1 Å². The maximum Gasteiger partial charge on any atom is 0.114 e. The molecule has 3 nitrogen and oxygen atoms in total. The number of ether oxygens (including phenoxy) is 1. The van der Waals surface area contributed by atoms with Crippen LogP contribution in [0.15, 0.2) is 16.5 Å². The molecule has 0 radical (unpaired) electrons. The highest BCUT2D eigenvalue weighted by atomic mass is 32.2. The fourth-order valence-corrected chi connectivity index (χ4v) is 1.90. The van der Waals surface area contributed by atoms with E-state index < -0.39 is 0 Å². The number of rotatable bonds is 8. The van der Waals surface area contributed by atoms with Crippen LogP contribution in [0.4, 0.5) is 0 Å². The number of hydrogen-bond donors (Lipinski definition) is 1. The van der Waals surface area contributed by atoms with Gasteiger partial charge in [0.1, 0.15) is 11.5 Å². The van der Waals surface area contributed by atoms with Gasteiger partial charge in [0, 0.05) is 18.7 Å². The van der Waals surface area contributed by atoms with Crippen LogP contribution in [-0.2, 0) is 16.9 Å². The molecule has 86 valence electrons. The molecule has 0 spiro atoms. The lowest BCUT2D eigenvalue weighted by Crippen LogP contribution is -2.09. The lowest BCUT2D eigenvalue weighted by Gasteiger charge is -2.01. The summed E-state index contributed by atoms with van der Waals surface area (Å²) in [7, 11) is 0. The molecule has 0 saturated carbocycles. The molecule has 2 N–H and O–H groups in total. The standard InChI is InChI=1S/C11H19NO2S/c1-2-10-3-4-11(14-10)9-15-8-7-13-6-5-12/h3-4H,2,5-9,12H2,1H3. The number of nitrogens with two attached hydrogens (primary N) is 1. The second-order valence-electron chi connectivity index (χ2n) is 3.18. The molecule has 15 heavy (non-hydrogen) atoms. The average Bonchev–Trinajstić information content (AvgIpc) is 2.71. The van der Waals surface area contributed by atoms with Crippen molar-refractivity contribution in [1.29, 1.82) is 0 Å². The van der Waals surface area contributed by atoms with Gasteiger partial charge in [-0.15, -0.1) is 0 Å². The Balaban J connectivity index is 2.04. The minimum absolute atomic E-state index is 0.600. The van der Waals surface area contributed by atoms with E-state index in [9.17, 15) is 0 Å². The van der Waals surface area contributed by atoms with Crippen LogP contribution in [0.3, 0.4) is 0 Å². The molecule has 0 bridgehead atoms. The van der Waals surface area contributed by atoms with Crippen molar-refractivity contribution >= 4 is 11.8 Å². The number of aryl methyl sites for hydroxylation is 1. The fourth-order valence-electron chi connectivity index (χ4n) is 1.17. The lowest BCUT2D eigenvalue weighted by molar-refractivity contribution is 0.158. The van der Waals surface area contributed by atoms with Gasteiger partial charge in [0.15, 0.2) is 0 Å². The van der Waals surface area contributed by atoms with Gasteiger partial charge in [0.05, 0.1) is 19.0 Å². The molecule has 0 fully saturated rings. The van der Waals surface area contributed by atoms with Crippen molar-refractivity contribution in [3.63, 3.8) is 0 Å². The zero-order chi connectivity index (χ0) is 10.9. The van der Waals surface area contributed by atoms with Crippen molar-refractivity contribution in [2.75, 3.05) is 25.5 Å². The molecule has 0 aliphatic carbocycles. The summed E-state index contributed by atoms with van der Waals surface area (Å²) in [6.07, 6.45) is 0.963. The molecule has 0 amide bonds. The molecular weight excluding hydrogens is 210 g/mol. The molecule has 1 aromatic rings. The first-order valence-corrected chi connectivity index (χ1v) is 6.45. The smallest absolute Gasteiger partial charge is 0.114 e. The predicted molar refractivity (Wildman–Crippen MR) is 64.1 cm³/mol. The van der Waals surface area contributed by atoms with E-state index in [1.54, 1.807) is 0 Å². The van der Waals surface area contributed by atoms with Crippen molar-refractivity contribution in [1.82, 2.24) is 0 Å². The molecule has 0 atom stereocenters. The van der Waals surface area contributed by atoms with Crippen LogP contribution in [0.5, 0.6) is 0 Å². The Morgan fingerprint density at radius 1 is 1.33 bits per heavy atom. The minimum Gasteiger partial charge on any atom is -0.465 e. The minimum atomic E-state index is 0.600. The predicted octanol–water partition coefficient (Wildman–Crippen LogP) is 2.05. The molecule has 0 aliphatic heterocycles. The summed E-state index contributed by atoms with van der Waals surface area (Å²) in [6, 6.07) is 4.09. The van der Waals surface area contributed by atoms with Crippen molar-refractivity contribution < 1.29 is 9.15 Å². The third-order valence-corrected chi connectivity index (χ3v) is 2.89. The van der Waals surface area contributed by atoms with E-state index in [0.29, 0.717) is 13.2 Å². The van der Waals surface area contributed by atoms with Crippen molar-refractivity contribution in [2.24, 2.45) is 5.73 Å². The number of furan rings is 1. The second kappa shape index (κ2) is 7.79. The summed E-state index contributed by atoms with van der Waals surface area (Å²) in [4.78, 5) is 0. The zero-order valence-electron chi connectivity index (χ0n) is 9.20. The highest BCUT2D eigenvalue weighted by Crippen LogP contribution is 2.15. The Bertz CT molecular complexity index is 263. The Hall–Kier alpha value is -0.450. The molecule has 4 heteroatoms. The quantitative estimate of drug-likeness (QED) is 0.693. The average molecular weight is 229 g/mol. The van der Waals surface area contributed by atoms with Crippen LogP contribution in [-0.4, -0.2) is 25.5 Å². The van der Waals surface area contributed by atoms with E-state index in [1.807, 2.05) is 23.9 Å². The summed E-state index contributed by atoms with van der Waals surface area (Å²) in [5.74, 6) is 4.02. The Morgan fingerprint density at radius 3 is 2.80 bits per heavy atom. The third kappa shape index (κ3) is 5.25. The number of hydrogen-bond acceptors (Lipinski definition) is 4. The van der Waals surface area contributed by atoms with E-state index in [2.05, 4.69) is 6.92 Å². The summed E-state index contributed by atoms with van der Waals surface area (Å²) in [6.45, 7) is 4.11. The molecule has 1 aromatic heterocycles. The van der Waals surface area contributed by atoms with Crippen molar-refractivity contribution in [2.45, 2.75) is 19.1 Å². The van der Waals surface area contributed by atoms with Gasteiger partial charge in [-0.3, -0.25) is 0 Å². The van der Waals surface area contributed by atoms with Gasteiger partial charge in [-0.2, -0.15) is 11.8 Å². The van der Waals surface area contributed by atoms with Gasteiger partial charge in [0.25, 0.3) is 0 Å². The van der Waals surface area contributed by atoms with Crippen molar-refractivity contribution in [3.05, 3.63) is 23.7 Å². The van der Waals surface area contributed by atoms with Gasteiger partial charge in [-0.1, -0.05) is 6.92 Å². The molecule has 1 rings (SSSR count). The molecule has 1 heterocycles. The topological polar surface area (TPSA) is 48.4 Å². The highest BCUT2D eigenvalue weighted by Gasteiger charge is 2.00.